The summed E-state index contributed by atoms with van der Waals surface area (Å²) in [5.41, 5.74) is 2.32. The molecule has 4 aromatic carbocycles. The molecule has 236 valence electrons. The second kappa shape index (κ2) is 15.1. The number of anilines is 1. The van der Waals surface area contributed by atoms with Gasteiger partial charge in [0.2, 0.25) is 11.8 Å². The first-order chi connectivity index (χ1) is 21.4. The minimum Gasteiger partial charge on any atom is -0.352 e. The molecule has 4 aromatic rings. The van der Waals surface area contributed by atoms with E-state index < -0.39 is 28.5 Å². The number of aryl methyl sites for hydroxylation is 1. The summed E-state index contributed by atoms with van der Waals surface area (Å²) < 4.78 is 29.2. The van der Waals surface area contributed by atoms with Gasteiger partial charge in [-0.1, -0.05) is 95.5 Å². The van der Waals surface area contributed by atoms with Crippen molar-refractivity contribution in [3.63, 3.8) is 0 Å². The van der Waals surface area contributed by atoms with E-state index >= 15 is 0 Å². The molecule has 45 heavy (non-hydrogen) atoms. The van der Waals surface area contributed by atoms with Gasteiger partial charge in [-0.05, 0) is 73.9 Å². The minimum atomic E-state index is -4.24. The molecule has 0 aliphatic carbocycles. The van der Waals surface area contributed by atoms with Crippen LogP contribution in [-0.2, 0) is 32.6 Å². The number of amides is 2. The number of rotatable bonds is 12. The quantitative estimate of drug-likeness (QED) is 0.169. The Kier molecular flexibility index (Phi) is 11.6. The first-order valence-corrected chi connectivity index (χ1v) is 16.9. The minimum absolute atomic E-state index is 0.000166. The number of benzene rings is 4. The largest absolute Gasteiger partial charge is 0.352 e. The number of nitrogens with zero attached hydrogens (tertiary/aromatic N) is 2. The van der Waals surface area contributed by atoms with Crippen molar-refractivity contribution in [2.75, 3.05) is 10.8 Å². The van der Waals surface area contributed by atoms with Gasteiger partial charge >= 0.3 is 0 Å². The monoisotopic (exact) mass is 685 g/mol. The molecule has 7 nitrogen and oxygen atoms in total. The van der Waals surface area contributed by atoms with E-state index in [0.717, 1.165) is 15.4 Å². The maximum absolute atomic E-state index is 14.5. The van der Waals surface area contributed by atoms with Crippen LogP contribution in [0.25, 0.3) is 0 Å². The predicted molar refractivity (Wildman–Crippen MR) is 181 cm³/mol. The summed E-state index contributed by atoms with van der Waals surface area (Å²) in [6.07, 6.45) is 0.179. The zero-order valence-corrected chi connectivity index (χ0v) is 28.2. The first kappa shape index (κ1) is 34.3. The molecule has 0 aliphatic rings. The number of sulfonamides is 1. The van der Waals surface area contributed by atoms with Crippen LogP contribution in [0.15, 0.2) is 102 Å². The molecule has 0 saturated carbocycles. The van der Waals surface area contributed by atoms with Crippen LogP contribution in [0, 0.1) is 6.92 Å². The van der Waals surface area contributed by atoms with E-state index in [1.807, 2.05) is 44.2 Å². The van der Waals surface area contributed by atoms with E-state index in [-0.39, 0.29) is 35.5 Å². The van der Waals surface area contributed by atoms with Crippen LogP contribution in [0.2, 0.25) is 15.1 Å². The second-order valence-electron chi connectivity index (χ2n) is 10.9. The van der Waals surface area contributed by atoms with Crippen LogP contribution in [0.1, 0.15) is 30.5 Å². The molecule has 4 rings (SSSR count). The fourth-order valence-corrected chi connectivity index (χ4v) is 6.82. The van der Waals surface area contributed by atoms with Crippen LogP contribution in [0.3, 0.4) is 0 Å². The molecule has 1 unspecified atom stereocenters. The average molecular weight is 687 g/mol. The summed E-state index contributed by atoms with van der Waals surface area (Å²) in [6, 6.07) is 25.6. The molecule has 2 amide bonds. The Morgan fingerprint density at radius 1 is 0.822 bits per heavy atom. The Balaban J connectivity index is 1.84. The first-order valence-electron chi connectivity index (χ1n) is 14.3. The van der Waals surface area contributed by atoms with E-state index in [1.54, 1.807) is 55.5 Å². The van der Waals surface area contributed by atoms with Crippen molar-refractivity contribution < 1.29 is 18.0 Å². The fourth-order valence-electron chi connectivity index (χ4n) is 4.75. The van der Waals surface area contributed by atoms with Gasteiger partial charge in [-0.25, -0.2) is 8.42 Å². The molecule has 0 spiro atoms. The molecule has 0 aromatic heterocycles. The van der Waals surface area contributed by atoms with Gasteiger partial charge < -0.3 is 10.2 Å². The van der Waals surface area contributed by atoms with Crippen LogP contribution in [-0.4, -0.2) is 43.8 Å². The van der Waals surface area contributed by atoms with E-state index in [1.165, 1.54) is 23.1 Å². The number of hydrogen-bond acceptors (Lipinski definition) is 4. The molecular weight excluding hydrogens is 653 g/mol. The summed E-state index contributed by atoms with van der Waals surface area (Å²) in [4.78, 5) is 29.7. The summed E-state index contributed by atoms with van der Waals surface area (Å²) in [6.45, 7) is 4.77. The van der Waals surface area contributed by atoms with Gasteiger partial charge in [0.25, 0.3) is 10.0 Å². The topological polar surface area (TPSA) is 86.8 Å². The maximum atomic E-state index is 14.5. The highest BCUT2D eigenvalue weighted by atomic mass is 35.5. The molecule has 1 N–H and O–H groups in total. The molecular formula is C34H34Cl3N3O4S. The van der Waals surface area contributed by atoms with Crippen LogP contribution in [0.4, 0.5) is 5.69 Å². The number of carbonyl (C=O) groups is 2. The summed E-state index contributed by atoms with van der Waals surface area (Å²) in [7, 11) is -4.24. The third-order valence-corrected chi connectivity index (χ3v) is 9.89. The lowest BCUT2D eigenvalue weighted by Gasteiger charge is -2.34. The molecule has 1 atom stereocenters. The molecule has 0 fully saturated rings. The second-order valence-corrected chi connectivity index (χ2v) is 14.0. The van der Waals surface area contributed by atoms with Gasteiger partial charge in [0.15, 0.2) is 0 Å². The van der Waals surface area contributed by atoms with Crippen LogP contribution in [0.5, 0.6) is 0 Å². The van der Waals surface area contributed by atoms with Gasteiger partial charge in [-0.15, -0.1) is 0 Å². The van der Waals surface area contributed by atoms with Gasteiger partial charge in [0.05, 0.1) is 10.6 Å². The Hall–Kier alpha value is -3.56. The fraction of sp³-hybridized carbons (Fsp3) is 0.235. The molecule has 0 heterocycles. The predicted octanol–water partition coefficient (Wildman–Crippen LogP) is 7.32. The van der Waals surface area contributed by atoms with Gasteiger partial charge in [-0.3, -0.25) is 13.9 Å². The van der Waals surface area contributed by atoms with E-state index in [2.05, 4.69) is 5.32 Å². The molecule has 0 saturated heterocycles. The number of carbonyl (C=O) groups excluding carboxylic acids is 2. The Morgan fingerprint density at radius 3 is 2.07 bits per heavy atom. The summed E-state index contributed by atoms with van der Waals surface area (Å²) >= 11 is 19.1. The smallest absolute Gasteiger partial charge is 0.264 e. The van der Waals surface area contributed by atoms with E-state index in [9.17, 15) is 18.0 Å². The van der Waals surface area contributed by atoms with Crippen LogP contribution >= 0.6 is 34.8 Å². The van der Waals surface area contributed by atoms with Gasteiger partial charge in [0, 0.05) is 34.1 Å². The highest BCUT2D eigenvalue weighted by molar-refractivity contribution is 7.92. The van der Waals surface area contributed by atoms with Crippen molar-refractivity contribution in [1.29, 1.82) is 0 Å². The van der Waals surface area contributed by atoms with Gasteiger partial charge in [-0.2, -0.15) is 0 Å². The average Bonchev–Trinajstić information content (AvgIpc) is 3.00. The normalized spacial score (nSPS) is 12.1. The molecule has 11 heteroatoms. The zero-order valence-electron chi connectivity index (χ0n) is 25.1. The van der Waals surface area contributed by atoms with Crippen molar-refractivity contribution in [3.8, 4) is 0 Å². The number of halogens is 3. The number of nitrogens with one attached hydrogen (secondary N) is 1. The molecule has 0 bridgehead atoms. The van der Waals surface area contributed by atoms with E-state index in [4.69, 9.17) is 34.8 Å². The third kappa shape index (κ3) is 8.79. The summed E-state index contributed by atoms with van der Waals surface area (Å²) in [5.74, 6) is -1.000. The molecule has 0 aliphatic heterocycles. The van der Waals surface area contributed by atoms with Crippen molar-refractivity contribution in [3.05, 3.63) is 129 Å². The van der Waals surface area contributed by atoms with Crippen molar-refractivity contribution in [2.24, 2.45) is 0 Å². The van der Waals surface area contributed by atoms with Crippen molar-refractivity contribution in [1.82, 2.24) is 10.2 Å². The summed E-state index contributed by atoms with van der Waals surface area (Å²) in [5, 5.41) is 3.99. The molecule has 0 radical (unpaired) electrons. The van der Waals surface area contributed by atoms with Crippen LogP contribution < -0.4 is 9.62 Å². The Labute approximate surface area is 279 Å². The SMILES string of the molecule is Cc1ccc(N(CC(=O)N(Cc2ccc(Cl)cc2Cl)C(Cc2ccccc2)C(=O)NC(C)C)S(=O)(=O)c2ccccc2)cc1Cl. The van der Waals surface area contributed by atoms with Crippen molar-refractivity contribution >= 4 is 62.3 Å². The number of hydrogen-bond donors (Lipinski definition) is 1. The highest BCUT2D eigenvalue weighted by Crippen LogP contribution is 2.29. The zero-order chi connectivity index (χ0) is 32.7. The third-order valence-electron chi connectivity index (χ3n) is 7.11. The standard InChI is InChI=1S/C34H34Cl3N3O4S/c1-23(2)38-34(42)32(18-25-10-6-4-7-11-25)39(21-26-15-16-27(35)19-31(26)37)33(41)22-40(28-17-14-24(3)30(36)20-28)45(43,44)29-12-8-5-9-13-29/h4-17,19-20,23,32H,18,21-22H2,1-3H3,(H,38,42). The Morgan fingerprint density at radius 2 is 1.47 bits per heavy atom. The van der Waals surface area contributed by atoms with Gasteiger partial charge in [0.1, 0.15) is 12.6 Å². The van der Waals surface area contributed by atoms with E-state index in [0.29, 0.717) is 20.6 Å². The lowest BCUT2D eigenvalue weighted by atomic mass is 10.0. The highest BCUT2D eigenvalue weighted by Gasteiger charge is 2.35. The lowest BCUT2D eigenvalue weighted by molar-refractivity contribution is -0.140. The Bertz CT molecular complexity index is 1750. The lowest BCUT2D eigenvalue weighted by Crippen LogP contribution is -2.54. The van der Waals surface area contributed by atoms with Crippen molar-refractivity contribution in [2.45, 2.75) is 50.7 Å². The maximum Gasteiger partial charge on any atom is 0.264 e.